The van der Waals surface area contributed by atoms with Gasteiger partial charge in [0.25, 0.3) is 10.0 Å². The van der Waals surface area contributed by atoms with Gasteiger partial charge in [-0.15, -0.1) is 5.23 Å². The third kappa shape index (κ3) is 4.91. The van der Waals surface area contributed by atoms with E-state index in [0.29, 0.717) is 9.32 Å². The highest BCUT2D eigenvalue weighted by Gasteiger charge is 2.16. The first-order valence-electron chi connectivity index (χ1n) is 7.15. The first kappa shape index (κ1) is 21.0. The number of sulfonamides is 1. The molecular formula is C15H15IN3O7S-. The summed E-state index contributed by atoms with van der Waals surface area (Å²) in [5, 5.41) is 33.5. The number of anilines is 1. The number of methoxy groups -OCH3 is 2. The van der Waals surface area contributed by atoms with Gasteiger partial charge in [-0.3, -0.25) is 10.4 Å². The quantitative estimate of drug-likeness (QED) is 0.288. The van der Waals surface area contributed by atoms with Gasteiger partial charge in [0, 0.05) is 9.64 Å². The molecule has 0 aromatic heterocycles. The molecule has 146 valence electrons. The standard InChI is InChI=1S/C15H16IN3O7S/c1-25-13-4-3-11(7-14(13)26-2)27(23,24)18-17-8-9-5-10(16)6-12(15(9)20)19(21)22/h3-8,18,20-22H,1-2H3/p-1/b17-8+. The Labute approximate surface area is 168 Å². The molecule has 2 aromatic carbocycles. The van der Waals surface area contributed by atoms with E-state index >= 15 is 0 Å². The maximum absolute atomic E-state index is 12.3. The predicted molar refractivity (Wildman–Crippen MR) is 102 cm³/mol. The zero-order valence-electron chi connectivity index (χ0n) is 14.1. The van der Waals surface area contributed by atoms with Gasteiger partial charge >= 0.3 is 0 Å². The molecule has 0 bridgehead atoms. The average molecular weight is 508 g/mol. The van der Waals surface area contributed by atoms with Crippen LogP contribution in [0.3, 0.4) is 0 Å². The number of halogens is 1. The Morgan fingerprint density at radius 1 is 1.19 bits per heavy atom. The molecule has 0 saturated heterocycles. The molecule has 12 heteroatoms. The van der Waals surface area contributed by atoms with Crippen LogP contribution in [0.25, 0.3) is 0 Å². The Hall–Kier alpha value is -2.29. The van der Waals surface area contributed by atoms with E-state index in [1.165, 1.54) is 44.6 Å². The minimum atomic E-state index is -4.03. The molecule has 0 spiro atoms. The van der Waals surface area contributed by atoms with Crippen molar-refractivity contribution in [3.63, 3.8) is 0 Å². The Bertz CT molecular complexity index is 964. The van der Waals surface area contributed by atoms with Crippen molar-refractivity contribution in [2.45, 2.75) is 4.90 Å². The van der Waals surface area contributed by atoms with Gasteiger partial charge in [-0.2, -0.15) is 13.5 Å². The highest BCUT2D eigenvalue weighted by atomic mass is 127. The van der Waals surface area contributed by atoms with Crippen LogP contribution in [-0.2, 0) is 10.0 Å². The van der Waals surface area contributed by atoms with Crippen molar-refractivity contribution in [2.75, 3.05) is 19.4 Å². The lowest BCUT2D eigenvalue weighted by molar-refractivity contribution is -0.268. The zero-order valence-corrected chi connectivity index (χ0v) is 17.1. The van der Waals surface area contributed by atoms with Crippen LogP contribution in [0.1, 0.15) is 5.56 Å². The smallest absolute Gasteiger partial charge is 0.276 e. The van der Waals surface area contributed by atoms with E-state index < -0.39 is 21.5 Å². The maximum atomic E-state index is 12.3. The summed E-state index contributed by atoms with van der Waals surface area (Å²) in [5.74, 6) is -0.159. The van der Waals surface area contributed by atoms with Crippen LogP contribution in [0.5, 0.6) is 17.2 Å². The summed E-state index contributed by atoms with van der Waals surface area (Å²) in [6.45, 7) is 0. The van der Waals surface area contributed by atoms with Crippen molar-refractivity contribution in [3.8, 4) is 17.2 Å². The third-order valence-electron chi connectivity index (χ3n) is 3.32. The number of rotatable bonds is 7. The SMILES string of the molecule is COc1ccc(S(=O)(=O)N/N=C/c2cc(I)cc(N(O)O)c2[O-])cc1OC. The van der Waals surface area contributed by atoms with Gasteiger partial charge in [0.05, 0.1) is 31.0 Å². The monoisotopic (exact) mass is 508 g/mol. The molecule has 2 rings (SSSR count). The highest BCUT2D eigenvalue weighted by Crippen LogP contribution is 2.30. The molecule has 2 aromatic rings. The fraction of sp³-hybridized carbons (Fsp3) is 0.133. The van der Waals surface area contributed by atoms with Crippen molar-refractivity contribution < 1.29 is 33.4 Å². The summed E-state index contributed by atoms with van der Waals surface area (Å²) in [7, 11) is -1.24. The van der Waals surface area contributed by atoms with Crippen LogP contribution in [0, 0.1) is 3.57 Å². The Morgan fingerprint density at radius 2 is 1.85 bits per heavy atom. The Morgan fingerprint density at radius 3 is 2.44 bits per heavy atom. The minimum absolute atomic E-state index is 0.0417. The summed E-state index contributed by atoms with van der Waals surface area (Å²) < 4.78 is 35.3. The highest BCUT2D eigenvalue weighted by molar-refractivity contribution is 14.1. The topological polar surface area (TPSA) is 144 Å². The van der Waals surface area contributed by atoms with E-state index in [2.05, 4.69) is 5.10 Å². The van der Waals surface area contributed by atoms with Gasteiger partial charge in [-0.25, -0.2) is 4.83 Å². The molecule has 0 saturated carbocycles. The molecule has 3 N–H and O–H groups in total. The Balaban J connectivity index is 2.28. The van der Waals surface area contributed by atoms with Gasteiger partial charge in [-0.1, -0.05) is 5.75 Å². The van der Waals surface area contributed by atoms with Crippen molar-refractivity contribution in [2.24, 2.45) is 5.10 Å². The number of ether oxygens (including phenoxy) is 2. The van der Waals surface area contributed by atoms with Crippen LogP contribution in [0.15, 0.2) is 40.3 Å². The molecule has 0 atom stereocenters. The number of nitrogens with one attached hydrogen (secondary N) is 1. The molecule has 10 nitrogen and oxygen atoms in total. The molecule has 0 amide bonds. The van der Waals surface area contributed by atoms with Crippen molar-refractivity contribution in [1.82, 2.24) is 4.83 Å². The van der Waals surface area contributed by atoms with Crippen LogP contribution in [-0.4, -0.2) is 39.3 Å². The van der Waals surface area contributed by atoms with E-state index in [1.54, 1.807) is 0 Å². The third-order valence-corrected chi connectivity index (χ3v) is 5.16. The van der Waals surface area contributed by atoms with Gasteiger partial charge in [0.2, 0.25) is 0 Å². The van der Waals surface area contributed by atoms with E-state index in [4.69, 9.17) is 19.9 Å². The van der Waals surface area contributed by atoms with Gasteiger partial charge in [0.15, 0.2) is 11.5 Å². The molecule has 27 heavy (non-hydrogen) atoms. The van der Waals surface area contributed by atoms with E-state index in [9.17, 15) is 13.5 Å². The van der Waals surface area contributed by atoms with Crippen molar-refractivity contribution >= 4 is 44.5 Å². The zero-order chi connectivity index (χ0) is 20.2. The summed E-state index contributed by atoms with van der Waals surface area (Å²) >= 11 is 1.86. The normalized spacial score (nSPS) is 11.4. The molecular weight excluding hydrogens is 493 g/mol. The predicted octanol–water partition coefficient (Wildman–Crippen LogP) is 1.28. The summed E-state index contributed by atoms with van der Waals surface area (Å²) in [4.78, 5) is 1.85. The summed E-state index contributed by atoms with van der Waals surface area (Å²) in [5.41, 5.74) is -0.439. The van der Waals surface area contributed by atoms with Crippen molar-refractivity contribution in [3.05, 3.63) is 39.5 Å². The van der Waals surface area contributed by atoms with Crippen molar-refractivity contribution in [1.29, 1.82) is 0 Å². The Kier molecular flexibility index (Phi) is 6.69. The molecule has 0 radical (unpaired) electrons. The molecule has 0 heterocycles. The molecule has 0 aliphatic heterocycles. The summed E-state index contributed by atoms with van der Waals surface area (Å²) in [6.07, 6.45) is 0.968. The lowest BCUT2D eigenvalue weighted by Gasteiger charge is -2.19. The molecule has 0 fully saturated rings. The lowest BCUT2D eigenvalue weighted by atomic mass is 10.2. The average Bonchev–Trinajstić information content (AvgIpc) is 2.63. The second kappa shape index (κ2) is 8.60. The molecule has 0 unspecified atom stereocenters. The number of hydrogen-bond acceptors (Lipinski definition) is 9. The van der Waals surface area contributed by atoms with Crippen LogP contribution in [0.2, 0.25) is 0 Å². The van der Waals surface area contributed by atoms with E-state index in [0.717, 1.165) is 6.21 Å². The maximum Gasteiger partial charge on any atom is 0.276 e. The van der Waals surface area contributed by atoms with Crippen LogP contribution < -0.4 is 24.6 Å². The van der Waals surface area contributed by atoms with Crippen LogP contribution >= 0.6 is 22.6 Å². The van der Waals surface area contributed by atoms with Gasteiger partial charge in [0.1, 0.15) is 0 Å². The van der Waals surface area contributed by atoms with Gasteiger partial charge < -0.3 is 14.6 Å². The van der Waals surface area contributed by atoms with Crippen LogP contribution in [0.4, 0.5) is 5.69 Å². The fourth-order valence-electron chi connectivity index (χ4n) is 2.05. The first-order valence-corrected chi connectivity index (χ1v) is 9.71. The molecule has 0 aliphatic carbocycles. The second-order valence-corrected chi connectivity index (χ2v) is 7.91. The van der Waals surface area contributed by atoms with E-state index in [-0.39, 0.29) is 21.4 Å². The van der Waals surface area contributed by atoms with Gasteiger partial charge in [-0.05, 0) is 52.4 Å². The van der Waals surface area contributed by atoms with E-state index in [1.807, 2.05) is 27.4 Å². The second-order valence-electron chi connectivity index (χ2n) is 5.00. The minimum Gasteiger partial charge on any atom is -0.870 e. The first-order chi connectivity index (χ1) is 12.7. The number of hydrazone groups is 1. The number of hydrogen-bond donors (Lipinski definition) is 3. The lowest BCUT2D eigenvalue weighted by Crippen LogP contribution is -2.19. The number of benzene rings is 2. The summed E-state index contributed by atoms with van der Waals surface area (Å²) in [6, 6.07) is 6.64. The fourth-order valence-corrected chi connectivity index (χ4v) is 3.48. The number of nitrogens with zero attached hydrogens (tertiary/aromatic N) is 2. The molecule has 0 aliphatic rings. The largest absolute Gasteiger partial charge is 0.870 e.